The zero-order chi connectivity index (χ0) is 52.6. The van der Waals surface area contributed by atoms with Gasteiger partial charge in [-0.2, -0.15) is 0 Å². The third-order valence-electron chi connectivity index (χ3n) is 11.1. The summed E-state index contributed by atoms with van der Waals surface area (Å²) >= 11 is 0. The zero-order valence-corrected chi connectivity index (χ0v) is 40.4. The number of carbonyl (C=O) groups excluding carboxylic acids is 4. The summed E-state index contributed by atoms with van der Waals surface area (Å²) in [4.78, 5) is 74.5. The third-order valence-corrected chi connectivity index (χ3v) is 13.0. The summed E-state index contributed by atoms with van der Waals surface area (Å²) in [7, 11) is -8.16. The minimum atomic E-state index is -4.09. The summed E-state index contributed by atoms with van der Waals surface area (Å²) in [5, 5.41) is 46.2. The van der Waals surface area contributed by atoms with Crippen molar-refractivity contribution in [3.8, 4) is 0 Å². The second kappa shape index (κ2) is 20.6. The highest BCUT2D eigenvalue weighted by Gasteiger charge is 2.58. The fraction of sp³-hybridized carbons (Fsp3) is 0.366. The SMILES string of the molecule is CCNC(=O)[C@H]1O[C@@H](n2cnc3c(NC(=O)Nc4ccccc4S(N)(=O)=O)ncnc32)[C@@H]2OC(C)(C)O[C@@H]21.CCNC(=O)[C@H]1O[C@@H](n2cnc3c(NC(=O)Nc4ccccc4S(N)(=O)=O)ncnc32)[C@H](O)[C@@H]1O. The largest absolute Gasteiger partial charge is 0.387 e. The van der Waals surface area contributed by atoms with Crippen molar-refractivity contribution in [1.29, 1.82) is 0 Å². The van der Waals surface area contributed by atoms with E-state index in [9.17, 15) is 46.2 Å². The Morgan fingerprint density at radius 1 is 0.616 bits per heavy atom. The summed E-state index contributed by atoms with van der Waals surface area (Å²) in [6.07, 6.45) is -3.47. The number of imidazole rings is 2. The van der Waals surface area contributed by atoms with Gasteiger partial charge in [-0.3, -0.25) is 29.4 Å². The number of anilines is 4. The predicted molar refractivity (Wildman–Crippen MR) is 253 cm³/mol. The average Bonchev–Trinajstić information content (AvgIpc) is 4.15. The minimum absolute atomic E-state index is 0.00822. The Hall–Kier alpha value is -7.40. The Labute approximate surface area is 413 Å². The molecular weight excluding hydrogens is 1000 g/mol. The molecule has 388 valence electrons. The highest BCUT2D eigenvalue weighted by atomic mass is 32.2. The molecule has 4 aromatic heterocycles. The van der Waals surface area contributed by atoms with Gasteiger partial charge in [0.05, 0.1) is 24.0 Å². The summed E-state index contributed by atoms with van der Waals surface area (Å²) in [5.41, 5.74) is 0.709. The van der Waals surface area contributed by atoms with Crippen LogP contribution in [0.2, 0.25) is 0 Å². The van der Waals surface area contributed by atoms with E-state index < -0.39 is 92.9 Å². The lowest BCUT2D eigenvalue weighted by atomic mass is 10.1. The van der Waals surface area contributed by atoms with Gasteiger partial charge in [0.2, 0.25) is 20.0 Å². The molecule has 0 radical (unpaired) electrons. The number of aromatic nitrogens is 8. The Kier molecular flexibility index (Phi) is 14.7. The standard InChI is InChI=1S/C22H26N8O7S.C19H22N8O7S/c1-4-24-19(31)15-14-16(37-22(2,3)36-14)20(35-15)30-10-27-13-17(25-9-26-18(13)30)29-21(32)28-11-7-5-6-8-12(11)38(23,33)34;1-2-21-17(30)14-12(28)13(29)18(34-14)27-8-24-11-15(22-7-23-16(11)27)26-19(31)25-9-5-3-4-6-10(9)35(20,32)33/h5-10,14-16,20H,4H2,1-3H3,(H,24,31)(H2,23,33,34)(H2,25,26,28,29,32);3-8,12-14,18,28-29H,2H2,1H3,(H,21,30)(H2,20,32,33)(H2,22,23,25,26,31)/t14-,15+,16-,20-;12-,13+,14-,18+/m10/s1. The van der Waals surface area contributed by atoms with Crippen LogP contribution in [0.3, 0.4) is 0 Å². The van der Waals surface area contributed by atoms with E-state index >= 15 is 0 Å². The van der Waals surface area contributed by atoms with Crippen LogP contribution in [0.1, 0.15) is 40.2 Å². The van der Waals surface area contributed by atoms with Gasteiger partial charge in [0, 0.05) is 13.1 Å². The number of nitrogens with one attached hydrogen (secondary N) is 6. The number of nitrogens with two attached hydrogens (primary N) is 2. The first-order valence-electron chi connectivity index (χ1n) is 21.9. The summed E-state index contributed by atoms with van der Waals surface area (Å²) in [6.45, 7) is 7.74. The van der Waals surface area contributed by atoms with Crippen LogP contribution in [0.25, 0.3) is 22.3 Å². The van der Waals surface area contributed by atoms with E-state index in [-0.39, 0.29) is 55.4 Å². The molecule has 32 heteroatoms. The maximum absolute atomic E-state index is 12.7. The number of fused-ring (bicyclic) bond motifs is 3. The summed E-state index contributed by atoms with van der Waals surface area (Å²) in [5.74, 6) is -1.83. The number of rotatable bonds is 12. The maximum atomic E-state index is 12.7. The molecule has 6 amide bonds. The van der Waals surface area contributed by atoms with Crippen LogP contribution in [0.4, 0.5) is 32.6 Å². The van der Waals surface area contributed by atoms with Gasteiger partial charge in [-0.1, -0.05) is 24.3 Å². The molecule has 73 heavy (non-hydrogen) atoms. The predicted octanol–water partition coefficient (Wildman–Crippen LogP) is -0.456. The molecule has 3 aliphatic rings. The van der Waals surface area contributed by atoms with Crippen molar-refractivity contribution < 1.29 is 65.2 Å². The van der Waals surface area contributed by atoms with Crippen molar-refractivity contribution in [3.05, 3.63) is 73.8 Å². The van der Waals surface area contributed by atoms with Crippen molar-refractivity contribution >= 4 is 89.3 Å². The molecule has 9 rings (SSSR count). The van der Waals surface area contributed by atoms with E-state index in [0.717, 1.165) is 6.33 Å². The number of aliphatic hydroxyl groups is 2. The number of aliphatic hydroxyl groups excluding tert-OH is 2. The van der Waals surface area contributed by atoms with Crippen molar-refractivity contribution in [3.63, 3.8) is 0 Å². The molecule has 7 heterocycles. The highest BCUT2D eigenvalue weighted by molar-refractivity contribution is 7.89. The number of amides is 6. The fourth-order valence-electron chi connectivity index (χ4n) is 8.08. The molecule has 0 spiro atoms. The number of sulfonamides is 2. The quantitative estimate of drug-likeness (QED) is 0.0741. The number of likely N-dealkylation sites (N-methyl/N-ethyl adjacent to an activating group) is 2. The van der Waals surface area contributed by atoms with E-state index in [1.807, 2.05) is 0 Å². The number of benzene rings is 2. The lowest BCUT2D eigenvalue weighted by Gasteiger charge is -2.24. The third kappa shape index (κ3) is 10.9. The molecule has 3 fully saturated rings. The van der Waals surface area contributed by atoms with Gasteiger partial charge in [0.25, 0.3) is 11.8 Å². The molecule has 8 atom stereocenters. The van der Waals surface area contributed by atoms with E-state index in [1.165, 1.54) is 66.0 Å². The molecule has 3 saturated heterocycles. The van der Waals surface area contributed by atoms with Crippen LogP contribution in [0.15, 0.2) is 83.6 Å². The zero-order valence-electron chi connectivity index (χ0n) is 38.8. The summed E-state index contributed by atoms with van der Waals surface area (Å²) < 4.78 is 73.7. The second-order valence-electron chi connectivity index (χ2n) is 16.6. The van der Waals surface area contributed by atoms with Gasteiger partial charge in [-0.25, -0.2) is 66.6 Å². The fourth-order valence-corrected chi connectivity index (χ4v) is 9.47. The number of nitrogens with zero attached hydrogens (tertiary/aromatic N) is 8. The van der Waals surface area contributed by atoms with Crippen molar-refractivity contribution in [1.82, 2.24) is 49.7 Å². The molecule has 2 aromatic carbocycles. The highest BCUT2D eigenvalue weighted by Crippen LogP contribution is 2.44. The van der Waals surface area contributed by atoms with Gasteiger partial charge in [-0.05, 0) is 52.0 Å². The molecule has 30 nitrogen and oxygen atoms in total. The van der Waals surface area contributed by atoms with Gasteiger partial charge in [0.1, 0.15) is 46.9 Å². The van der Waals surface area contributed by atoms with Crippen LogP contribution in [0, 0.1) is 0 Å². The van der Waals surface area contributed by atoms with Crippen LogP contribution in [-0.4, -0.2) is 145 Å². The normalized spacial score (nSPS) is 23.2. The molecular formula is C41H48N16O14S2. The number of urea groups is 2. The maximum Gasteiger partial charge on any atom is 0.324 e. The smallest absolute Gasteiger partial charge is 0.324 e. The van der Waals surface area contributed by atoms with Crippen molar-refractivity contribution in [2.24, 2.45) is 10.3 Å². The number of para-hydroxylation sites is 2. The number of hydrogen-bond acceptors (Lipinski definition) is 20. The van der Waals surface area contributed by atoms with Crippen molar-refractivity contribution in [2.75, 3.05) is 34.4 Å². The first-order chi connectivity index (χ1) is 34.6. The van der Waals surface area contributed by atoms with Crippen LogP contribution < -0.4 is 42.2 Å². The monoisotopic (exact) mass is 1050 g/mol. The van der Waals surface area contributed by atoms with Gasteiger partial charge in [-0.15, -0.1) is 0 Å². The lowest BCUT2D eigenvalue weighted by molar-refractivity contribution is -0.197. The lowest BCUT2D eigenvalue weighted by Crippen LogP contribution is -2.42. The Bertz CT molecular complexity index is 3320. The molecule has 3 aliphatic heterocycles. The topological polar surface area (TPSA) is 425 Å². The number of hydrogen-bond donors (Lipinski definition) is 10. The molecule has 0 aliphatic carbocycles. The van der Waals surface area contributed by atoms with E-state index in [0.29, 0.717) is 18.7 Å². The molecule has 12 N–H and O–H groups in total. The van der Waals surface area contributed by atoms with Crippen LogP contribution in [0.5, 0.6) is 0 Å². The second-order valence-corrected chi connectivity index (χ2v) is 19.6. The first-order valence-corrected chi connectivity index (χ1v) is 25.0. The average molecular weight is 1050 g/mol. The first kappa shape index (κ1) is 51.9. The van der Waals surface area contributed by atoms with E-state index in [4.69, 9.17) is 29.2 Å². The van der Waals surface area contributed by atoms with Crippen LogP contribution >= 0.6 is 0 Å². The van der Waals surface area contributed by atoms with E-state index in [1.54, 1.807) is 38.3 Å². The molecule has 0 bridgehead atoms. The number of primary sulfonamides is 2. The van der Waals surface area contributed by atoms with Gasteiger partial charge in [0.15, 0.2) is 64.4 Å². The number of carbonyl (C=O) groups is 4. The Balaban J connectivity index is 0.000000196. The van der Waals surface area contributed by atoms with Gasteiger partial charge >= 0.3 is 12.1 Å². The molecule has 0 unspecified atom stereocenters. The van der Waals surface area contributed by atoms with E-state index in [2.05, 4.69) is 61.8 Å². The summed E-state index contributed by atoms with van der Waals surface area (Å²) in [6, 6.07) is 9.66. The number of ether oxygens (including phenoxy) is 4. The Morgan fingerprint density at radius 3 is 1.53 bits per heavy atom. The van der Waals surface area contributed by atoms with Gasteiger partial charge < -0.3 is 50.4 Å². The van der Waals surface area contributed by atoms with Crippen LogP contribution in [-0.2, 0) is 48.6 Å². The molecule has 6 aromatic rings. The van der Waals surface area contributed by atoms with Crippen molar-refractivity contribution in [2.45, 2.75) is 92.4 Å². The Morgan fingerprint density at radius 2 is 1.05 bits per heavy atom. The minimum Gasteiger partial charge on any atom is -0.387 e. The molecule has 0 saturated carbocycles.